The Morgan fingerprint density at radius 2 is 1.76 bits per heavy atom. The quantitative estimate of drug-likeness (QED) is 0.519. The topological polar surface area (TPSA) is 51.2 Å². The second-order valence-corrected chi connectivity index (χ2v) is 11.2. The number of fused-ring (bicyclic) bond motifs is 5. The lowest BCUT2D eigenvalue weighted by Crippen LogP contribution is -2.58. The summed E-state index contributed by atoms with van der Waals surface area (Å²) >= 11 is 0. The van der Waals surface area contributed by atoms with Crippen molar-refractivity contribution in [2.45, 2.75) is 104 Å². The number of unbranched alkanes of at least 4 members (excludes halogenated alkanes) is 1. The highest BCUT2D eigenvalue weighted by atomic mass is 16.1. The van der Waals surface area contributed by atoms with E-state index in [-0.39, 0.29) is 23.0 Å². The third-order valence-electron chi connectivity index (χ3n) is 10.1. The van der Waals surface area contributed by atoms with Gasteiger partial charge in [0.05, 0.1) is 0 Å². The molecule has 4 aliphatic carbocycles. The molecule has 0 aromatic carbocycles. The van der Waals surface area contributed by atoms with Gasteiger partial charge in [0, 0.05) is 24.2 Å². The fourth-order valence-corrected chi connectivity index (χ4v) is 8.66. The lowest BCUT2D eigenvalue weighted by molar-refractivity contribution is -0.162. The van der Waals surface area contributed by atoms with Gasteiger partial charge >= 0.3 is 0 Å². The summed E-state index contributed by atoms with van der Waals surface area (Å²) in [5.74, 6) is 3.02. The maximum Gasteiger partial charge on any atom is 0.136 e. The van der Waals surface area contributed by atoms with Gasteiger partial charge < -0.3 is 4.79 Å². The normalized spacial score (nSPS) is 44.0. The zero-order chi connectivity index (χ0) is 20.8. The van der Waals surface area contributed by atoms with Gasteiger partial charge in [0.1, 0.15) is 17.3 Å². The van der Waals surface area contributed by atoms with Gasteiger partial charge in [0.15, 0.2) is 0 Å². The number of ketones is 3. The molecule has 0 aromatic rings. The lowest BCUT2D eigenvalue weighted by atomic mass is 9.43. The molecule has 162 valence electrons. The van der Waals surface area contributed by atoms with E-state index in [1.54, 1.807) is 13.8 Å². The summed E-state index contributed by atoms with van der Waals surface area (Å²) in [7, 11) is 0. The van der Waals surface area contributed by atoms with E-state index in [4.69, 9.17) is 0 Å². The first-order valence-electron chi connectivity index (χ1n) is 12.3. The summed E-state index contributed by atoms with van der Waals surface area (Å²) in [6.07, 6.45) is 13.8. The summed E-state index contributed by atoms with van der Waals surface area (Å²) in [6, 6.07) is 0. The van der Waals surface area contributed by atoms with Crippen molar-refractivity contribution in [3.8, 4) is 0 Å². The van der Waals surface area contributed by atoms with E-state index in [0.717, 1.165) is 51.4 Å². The Bertz CT molecular complexity index is 681. The minimum atomic E-state index is -0.259. The molecule has 7 unspecified atom stereocenters. The number of carbonyl (C=O) groups excluding carboxylic acids is 3. The monoisotopic (exact) mass is 400 g/mol. The van der Waals surface area contributed by atoms with Gasteiger partial charge in [-0.3, -0.25) is 9.59 Å². The average molecular weight is 401 g/mol. The third-order valence-corrected chi connectivity index (χ3v) is 10.1. The van der Waals surface area contributed by atoms with E-state index < -0.39 is 0 Å². The predicted molar refractivity (Wildman–Crippen MR) is 114 cm³/mol. The van der Waals surface area contributed by atoms with Crippen LogP contribution in [-0.2, 0) is 14.4 Å². The summed E-state index contributed by atoms with van der Waals surface area (Å²) < 4.78 is 0. The van der Waals surface area contributed by atoms with Crippen LogP contribution in [0.4, 0.5) is 0 Å². The van der Waals surface area contributed by atoms with Crippen molar-refractivity contribution < 1.29 is 14.4 Å². The van der Waals surface area contributed by atoms with Crippen LogP contribution in [0.2, 0.25) is 0 Å². The molecule has 4 rings (SSSR count). The molecule has 0 aromatic heterocycles. The van der Waals surface area contributed by atoms with Crippen molar-refractivity contribution in [3.05, 3.63) is 0 Å². The van der Waals surface area contributed by atoms with Gasteiger partial charge in [-0.05, 0) is 94.3 Å². The van der Waals surface area contributed by atoms with E-state index in [0.29, 0.717) is 41.2 Å². The van der Waals surface area contributed by atoms with Crippen molar-refractivity contribution in [2.24, 2.45) is 40.4 Å². The Hall–Kier alpha value is -0.990. The highest BCUT2D eigenvalue weighted by molar-refractivity contribution is 5.88. The van der Waals surface area contributed by atoms with Crippen LogP contribution in [-0.4, -0.2) is 17.3 Å². The van der Waals surface area contributed by atoms with Crippen molar-refractivity contribution in [1.82, 2.24) is 0 Å². The predicted octanol–water partition coefficient (Wildman–Crippen LogP) is 5.93. The average Bonchev–Trinajstić information content (AvgIpc) is 3.05. The molecule has 0 saturated heterocycles. The molecule has 29 heavy (non-hydrogen) atoms. The lowest BCUT2D eigenvalue weighted by Gasteiger charge is -2.59. The standard InChI is InChI=1S/C26H40O3/c1-17(27)8-4-5-9-19-11-12-22-24-21(13-15-26(19,22)18(2)28)25(3)14-7-6-10-20(25)16-23(24)29/h19-22,24H,4-16H2,1-3H3. The van der Waals surface area contributed by atoms with Gasteiger partial charge in [-0.15, -0.1) is 0 Å². The molecule has 0 radical (unpaired) electrons. The molecule has 3 heteroatoms. The molecule has 4 fully saturated rings. The molecule has 4 saturated carbocycles. The second-order valence-electron chi connectivity index (χ2n) is 11.2. The van der Waals surface area contributed by atoms with Crippen LogP contribution >= 0.6 is 0 Å². The number of hydrogen-bond acceptors (Lipinski definition) is 3. The molecule has 0 spiro atoms. The zero-order valence-corrected chi connectivity index (χ0v) is 18.8. The zero-order valence-electron chi connectivity index (χ0n) is 18.8. The van der Waals surface area contributed by atoms with Crippen LogP contribution in [0.1, 0.15) is 104 Å². The molecule has 0 N–H and O–H groups in total. The van der Waals surface area contributed by atoms with Gasteiger partial charge in [-0.2, -0.15) is 0 Å². The van der Waals surface area contributed by atoms with Gasteiger partial charge in [-0.25, -0.2) is 0 Å². The Kier molecular flexibility index (Phi) is 5.81. The first-order valence-corrected chi connectivity index (χ1v) is 12.3. The van der Waals surface area contributed by atoms with Gasteiger partial charge in [0.2, 0.25) is 0 Å². The number of carbonyl (C=O) groups is 3. The molecular formula is C26H40O3. The molecule has 0 amide bonds. The Labute approximate surface area is 176 Å². The van der Waals surface area contributed by atoms with E-state index in [1.807, 2.05) is 0 Å². The molecule has 0 bridgehead atoms. The maximum atomic E-state index is 13.4. The fraction of sp³-hybridized carbons (Fsp3) is 0.885. The summed E-state index contributed by atoms with van der Waals surface area (Å²) in [5, 5.41) is 0. The Morgan fingerprint density at radius 3 is 2.48 bits per heavy atom. The van der Waals surface area contributed by atoms with E-state index in [9.17, 15) is 14.4 Å². The van der Waals surface area contributed by atoms with Crippen LogP contribution in [0.5, 0.6) is 0 Å². The maximum absolute atomic E-state index is 13.4. The third kappa shape index (κ3) is 3.35. The first kappa shape index (κ1) is 21.2. The summed E-state index contributed by atoms with van der Waals surface area (Å²) in [6.45, 7) is 5.95. The van der Waals surface area contributed by atoms with E-state index >= 15 is 0 Å². The molecule has 0 aliphatic heterocycles. The smallest absolute Gasteiger partial charge is 0.136 e. The van der Waals surface area contributed by atoms with Crippen LogP contribution in [0.3, 0.4) is 0 Å². The molecule has 7 atom stereocenters. The number of rotatable bonds is 6. The molecule has 3 nitrogen and oxygen atoms in total. The van der Waals surface area contributed by atoms with Gasteiger partial charge in [-0.1, -0.05) is 26.2 Å². The van der Waals surface area contributed by atoms with Crippen LogP contribution in [0.25, 0.3) is 0 Å². The highest BCUT2D eigenvalue weighted by Crippen LogP contribution is 2.67. The van der Waals surface area contributed by atoms with Crippen LogP contribution in [0.15, 0.2) is 0 Å². The number of Topliss-reactive ketones (excluding diaryl/α,β-unsaturated/α-hetero) is 3. The number of hydrogen-bond donors (Lipinski definition) is 0. The van der Waals surface area contributed by atoms with Crippen LogP contribution in [0, 0.1) is 40.4 Å². The Morgan fingerprint density at radius 1 is 0.966 bits per heavy atom. The van der Waals surface area contributed by atoms with Crippen LogP contribution < -0.4 is 0 Å². The molecule has 0 heterocycles. The van der Waals surface area contributed by atoms with Crippen molar-refractivity contribution in [1.29, 1.82) is 0 Å². The van der Waals surface area contributed by atoms with Crippen molar-refractivity contribution in [3.63, 3.8) is 0 Å². The summed E-state index contributed by atoms with van der Waals surface area (Å²) in [5.41, 5.74) is 0.0598. The summed E-state index contributed by atoms with van der Waals surface area (Å²) in [4.78, 5) is 37.8. The first-order chi connectivity index (χ1) is 13.8. The van der Waals surface area contributed by atoms with Crippen molar-refractivity contribution >= 4 is 17.3 Å². The highest BCUT2D eigenvalue weighted by Gasteiger charge is 2.64. The SMILES string of the molecule is CC(=O)CCCCC1CCC2C3C(=O)CC4CCCCC4(C)C3CCC12C(C)=O. The molecular weight excluding hydrogens is 360 g/mol. The largest absolute Gasteiger partial charge is 0.300 e. The van der Waals surface area contributed by atoms with E-state index in [2.05, 4.69) is 6.92 Å². The van der Waals surface area contributed by atoms with Gasteiger partial charge in [0.25, 0.3) is 0 Å². The minimum absolute atomic E-state index is 0.134. The van der Waals surface area contributed by atoms with Crippen molar-refractivity contribution in [2.75, 3.05) is 0 Å². The second kappa shape index (κ2) is 7.93. The minimum Gasteiger partial charge on any atom is -0.300 e. The van der Waals surface area contributed by atoms with E-state index in [1.165, 1.54) is 25.7 Å². The molecule has 4 aliphatic rings. The Balaban J connectivity index is 1.57. The fourth-order valence-electron chi connectivity index (χ4n) is 8.66.